The van der Waals surface area contributed by atoms with Crippen LogP contribution in [-0.2, 0) is 14.3 Å². The largest absolute Gasteiger partial charge is 0.493 e. The Balaban J connectivity index is 1.72. The number of fused-ring (bicyclic) bond motifs is 1. The number of carbonyl (C=O) groups is 1. The average molecular weight is 341 g/mol. The molecule has 0 aromatic heterocycles. The number of esters is 1. The highest BCUT2D eigenvalue weighted by Crippen LogP contribution is 2.37. The zero-order valence-electron chi connectivity index (χ0n) is 11.1. The fourth-order valence-corrected chi connectivity index (χ4v) is 3.00. The van der Waals surface area contributed by atoms with Crippen LogP contribution in [-0.4, -0.2) is 25.8 Å². The van der Waals surface area contributed by atoms with Crippen molar-refractivity contribution >= 4 is 21.9 Å². The van der Waals surface area contributed by atoms with Gasteiger partial charge in [-0.3, -0.25) is 4.79 Å². The summed E-state index contributed by atoms with van der Waals surface area (Å²) >= 11 is 3.45. The molecule has 1 saturated heterocycles. The Bertz CT molecular complexity index is 497. The van der Waals surface area contributed by atoms with Crippen LogP contribution >= 0.6 is 15.9 Å². The van der Waals surface area contributed by atoms with E-state index in [0.29, 0.717) is 26.2 Å². The summed E-state index contributed by atoms with van der Waals surface area (Å²) < 4.78 is 17.6. The molecule has 1 fully saturated rings. The Morgan fingerprint density at radius 2 is 2.00 bits per heavy atom. The minimum atomic E-state index is -0.202. The predicted molar refractivity (Wildman–Crippen MR) is 76.6 cm³/mol. The molecule has 0 N–H and O–H groups in total. The molecule has 1 atom stereocenters. The van der Waals surface area contributed by atoms with Gasteiger partial charge in [0.2, 0.25) is 0 Å². The highest BCUT2D eigenvalue weighted by molar-refractivity contribution is 9.10. The second kappa shape index (κ2) is 6.14. The van der Waals surface area contributed by atoms with E-state index >= 15 is 0 Å². The Labute approximate surface area is 126 Å². The van der Waals surface area contributed by atoms with E-state index in [-0.39, 0.29) is 18.0 Å². The molecule has 2 heterocycles. The van der Waals surface area contributed by atoms with Gasteiger partial charge in [-0.05, 0) is 31.0 Å². The van der Waals surface area contributed by atoms with Gasteiger partial charge in [-0.25, -0.2) is 0 Å². The summed E-state index contributed by atoms with van der Waals surface area (Å²) in [6.07, 6.45) is 2.02. The molecule has 0 amide bonds. The Morgan fingerprint density at radius 1 is 1.20 bits per heavy atom. The van der Waals surface area contributed by atoms with E-state index in [4.69, 9.17) is 14.2 Å². The summed E-state index contributed by atoms with van der Waals surface area (Å²) in [6.45, 7) is 1.88. The van der Waals surface area contributed by atoms with Crippen molar-refractivity contribution in [1.82, 2.24) is 0 Å². The van der Waals surface area contributed by atoms with Crippen LogP contribution in [0.1, 0.15) is 30.9 Å². The molecule has 1 aromatic rings. The van der Waals surface area contributed by atoms with Crippen LogP contribution < -0.4 is 4.74 Å². The molecule has 0 aliphatic carbocycles. The molecule has 4 nitrogen and oxygen atoms in total. The number of benzene rings is 1. The van der Waals surface area contributed by atoms with E-state index in [1.54, 1.807) is 0 Å². The number of ether oxygens (including phenoxy) is 3. The lowest BCUT2D eigenvalue weighted by Gasteiger charge is -2.28. The quantitative estimate of drug-likeness (QED) is 0.775. The third kappa shape index (κ3) is 2.99. The maximum absolute atomic E-state index is 12.2. The number of carbonyl (C=O) groups excluding carboxylic acids is 1. The van der Waals surface area contributed by atoms with E-state index in [1.165, 1.54) is 0 Å². The van der Waals surface area contributed by atoms with Crippen molar-refractivity contribution in [3.8, 4) is 5.75 Å². The van der Waals surface area contributed by atoms with Crippen molar-refractivity contribution in [3.63, 3.8) is 0 Å². The van der Waals surface area contributed by atoms with E-state index < -0.39 is 0 Å². The van der Waals surface area contributed by atoms with Crippen molar-refractivity contribution in [2.75, 3.05) is 19.8 Å². The molecule has 2 aliphatic rings. The van der Waals surface area contributed by atoms with Gasteiger partial charge in [0.25, 0.3) is 0 Å². The number of hydrogen-bond acceptors (Lipinski definition) is 4. The SMILES string of the molecule is O=C(OC1CCOc2ccc(Br)cc21)C1CCOCC1. The van der Waals surface area contributed by atoms with Crippen molar-refractivity contribution in [1.29, 1.82) is 0 Å². The minimum Gasteiger partial charge on any atom is -0.493 e. The molecule has 5 heteroatoms. The molecule has 3 rings (SSSR count). The van der Waals surface area contributed by atoms with Crippen LogP contribution in [0.3, 0.4) is 0 Å². The van der Waals surface area contributed by atoms with Crippen LogP contribution in [0.2, 0.25) is 0 Å². The normalized spacial score (nSPS) is 22.8. The second-order valence-corrected chi connectivity index (χ2v) is 6.05. The summed E-state index contributed by atoms with van der Waals surface area (Å²) in [6, 6.07) is 5.81. The lowest BCUT2D eigenvalue weighted by Crippen LogP contribution is -2.28. The lowest BCUT2D eigenvalue weighted by atomic mass is 9.99. The first kappa shape index (κ1) is 13.9. The zero-order valence-corrected chi connectivity index (χ0v) is 12.7. The Hall–Kier alpha value is -1.07. The smallest absolute Gasteiger partial charge is 0.309 e. The first-order valence-corrected chi connectivity index (χ1v) is 7.74. The maximum atomic E-state index is 12.2. The monoisotopic (exact) mass is 340 g/mol. The molecule has 108 valence electrons. The third-order valence-electron chi connectivity index (χ3n) is 3.77. The van der Waals surface area contributed by atoms with E-state index in [9.17, 15) is 4.79 Å². The van der Waals surface area contributed by atoms with Crippen LogP contribution in [0.15, 0.2) is 22.7 Å². The van der Waals surface area contributed by atoms with Gasteiger partial charge >= 0.3 is 5.97 Å². The molecule has 0 saturated carbocycles. The number of halogens is 1. The summed E-state index contributed by atoms with van der Waals surface area (Å²) in [4.78, 5) is 12.2. The molecule has 2 aliphatic heterocycles. The van der Waals surface area contributed by atoms with Gasteiger partial charge in [-0.15, -0.1) is 0 Å². The molecule has 20 heavy (non-hydrogen) atoms. The van der Waals surface area contributed by atoms with Gasteiger partial charge in [0.15, 0.2) is 0 Å². The van der Waals surface area contributed by atoms with Gasteiger partial charge in [-0.2, -0.15) is 0 Å². The van der Waals surface area contributed by atoms with Crippen molar-refractivity contribution in [2.45, 2.75) is 25.4 Å². The summed E-state index contributed by atoms with van der Waals surface area (Å²) in [5.74, 6) is 0.678. The van der Waals surface area contributed by atoms with Gasteiger partial charge in [0.05, 0.1) is 12.5 Å². The zero-order chi connectivity index (χ0) is 13.9. The summed E-state index contributed by atoms with van der Waals surface area (Å²) in [5, 5.41) is 0. The topological polar surface area (TPSA) is 44.8 Å². The second-order valence-electron chi connectivity index (χ2n) is 5.13. The van der Waals surface area contributed by atoms with Crippen molar-refractivity contribution in [3.05, 3.63) is 28.2 Å². The molecule has 1 unspecified atom stereocenters. The molecular weight excluding hydrogens is 324 g/mol. The molecule has 0 bridgehead atoms. The van der Waals surface area contributed by atoms with E-state index in [1.807, 2.05) is 18.2 Å². The standard InChI is InChI=1S/C15H17BrO4/c16-11-1-2-13-12(9-11)14(5-8-19-13)20-15(17)10-3-6-18-7-4-10/h1-2,9-10,14H,3-8H2. The first-order chi connectivity index (χ1) is 9.74. The van der Waals surface area contributed by atoms with E-state index in [2.05, 4.69) is 15.9 Å². The summed E-state index contributed by atoms with van der Waals surface area (Å²) in [7, 11) is 0. The first-order valence-electron chi connectivity index (χ1n) is 6.94. The fraction of sp³-hybridized carbons (Fsp3) is 0.533. The third-order valence-corrected chi connectivity index (χ3v) is 4.26. The Kier molecular flexibility index (Phi) is 4.27. The van der Waals surface area contributed by atoms with Crippen LogP contribution in [0.25, 0.3) is 0 Å². The molecule has 0 spiro atoms. The average Bonchev–Trinajstić information content (AvgIpc) is 2.49. The fourth-order valence-electron chi connectivity index (χ4n) is 2.63. The minimum absolute atomic E-state index is 0.0257. The maximum Gasteiger partial charge on any atom is 0.309 e. The van der Waals surface area contributed by atoms with Gasteiger partial charge in [0, 0.05) is 29.7 Å². The highest BCUT2D eigenvalue weighted by Gasteiger charge is 2.29. The van der Waals surface area contributed by atoms with Crippen molar-refractivity contribution < 1.29 is 19.0 Å². The molecular formula is C15H17BrO4. The van der Waals surface area contributed by atoms with Gasteiger partial charge < -0.3 is 14.2 Å². The van der Waals surface area contributed by atoms with Crippen LogP contribution in [0.4, 0.5) is 0 Å². The number of hydrogen-bond donors (Lipinski definition) is 0. The summed E-state index contributed by atoms with van der Waals surface area (Å²) in [5.41, 5.74) is 0.950. The van der Waals surface area contributed by atoms with Gasteiger partial charge in [0.1, 0.15) is 11.9 Å². The van der Waals surface area contributed by atoms with Crippen molar-refractivity contribution in [2.24, 2.45) is 5.92 Å². The lowest BCUT2D eigenvalue weighted by molar-refractivity contribution is -0.159. The van der Waals surface area contributed by atoms with Crippen LogP contribution in [0.5, 0.6) is 5.75 Å². The highest BCUT2D eigenvalue weighted by atomic mass is 79.9. The Morgan fingerprint density at radius 3 is 2.80 bits per heavy atom. The molecule has 0 radical (unpaired) electrons. The van der Waals surface area contributed by atoms with Crippen LogP contribution in [0, 0.1) is 5.92 Å². The van der Waals surface area contributed by atoms with E-state index in [0.717, 1.165) is 28.6 Å². The molecule has 1 aromatic carbocycles. The number of rotatable bonds is 2. The van der Waals surface area contributed by atoms with Gasteiger partial charge in [-0.1, -0.05) is 15.9 Å². The predicted octanol–water partition coefficient (Wildman–Crippen LogP) is 3.24.